The van der Waals surface area contributed by atoms with Crippen molar-refractivity contribution >= 4 is 7.60 Å². The van der Waals surface area contributed by atoms with E-state index in [1.165, 1.54) is 19.3 Å². The average Bonchev–Trinajstić information content (AvgIpc) is 2.44. The standard InChI is InChI=1S/C16H27O3P/c1-2-3-4-5-6-10-15-20(17,18)19-14-13-16-11-8-7-9-12-16/h7-9,11-12H,2-6,10,13-15H2,1H3,(H,17,18). The van der Waals surface area contributed by atoms with Crippen molar-refractivity contribution < 1.29 is 14.0 Å². The third kappa shape index (κ3) is 8.52. The summed E-state index contributed by atoms with van der Waals surface area (Å²) in [4.78, 5) is 9.73. The predicted octanol–water partition coefficient (Wildman–Crippen LogP) is 4.79. The second-order valence-corrected chi connectivity index (χ2v) is 7.18. The maximum Gasteiger partial charge on any atom is 0.328 e. The van der Waals surface area contributed by atoms with Gasteiger partial charge in [0.1, 0.15) is 0 Å². The Morgan fingerprint density at radius 2 is 1.70 bits per heavy atom. The van der Waals surface area contributed by atoms with Gasteiger partial charge in [0.25, 0.3) is 0 Å². The van der Waals surface area contributed by atoms with E-state index in [0.29, 0.717) is 13.0 Å². The highest BCUT2D eigenvalue weighted by Crippen LogP contribution is 2.42. The summed E-state index contributed by atoms with van der Waals surface area (Å²) in [6.07, 6.45) is 7.62. The molecule has 114 valence electrons. The van der Waals surface area contributed by atoms with E-state index in [0.717, 1.165) is 24.8 Å². The summed E-state index contributed by atoms with van der Waals surface area (Å²) in [5.74, 6) is 0. The second kappa shape index (κ2) is 10.1. The highest BCUT2D eigenvalue weighted by Gasteiger charge is 2.18. The second-order valence-electron chi connectivity index (χ2n) is 5.20. The van der Waals surface area contributed by atoms with Crippen LogP contribution in [0.2, 0.25) is 0 Å². The molecule has 0 radical (unpaired) electrons. The van der Waals surface area contributed by atoms with Crippen molar-refractivity contribution in [3.05, 3.63) is 35.9 Å². The van der Waals surface area contributed by atoms with Gasteiger partial charge in [0, 0.05) is 6.16 Å². The molecule has 0 aliphatic heterocycles. The van der Waals surface area contributed by atoms with E-state index >= 15 is 0 Å². The Hall–Kier alpha value is -0.630. The normalized spacial score (nSPS) is 14.1. The molecule has 1 N–H and O–H groups in total. The van der Waals surface area contributed by atoms with Crippen molar-refractivity contribution in [2.24, 2.45) is 0 Å². The van der Waals surface area contributed by atoms with Crippen molar-refractivity contribution in [1.29, 1.82) is 0 Å². The lowest BCUT2D eigenvalue weighted by Crippen LogP contribution is -2.00. The molecule has 1 unspecified atom stereocenters. The molecule has 0 aromatic heterocycles. The summed E-state index contributed by atoms with van der Waals surface area (Å²) in [5, 5.41) is 0. The molecule has 3 nitrogen and oxygen atoms in total. The molecule has 0 aliphatic rings. The van der Waals surface area contributed by atoms with E-state index in [2.05, 4.69) is 6.92 Å². The first-order valence-electron chi connectivity index (χ1n) is 7.64. The minimum atomic E-state index is -3.39. The number of unbranched alkanes of at least 4 members (excludes halogenated alkanes) is 5. The largest absolute Gasteiger partial charge is 0.328 e. The van der Waals surface area contributed by atoms with Crippen LogP contribution in [0.5, 0.6) is 0 Å². The first kappa shape index (κ1) is 17.4. The Balaban J connectivity index is 2.10. The van der Waals surface area contributed by atoms with Gasteiger partial charge in [-0.15, -0.1) is 0 Å². The van der Waals surface area contributed by atoms with Crippen LogP contribution < -0.4 is 0 Å². The topological polar surface area (TPSA) is 46.5 Å². The van der Waals surface area contributed by atoms with Crippen LogP contribution in [0, 0.1) is 0 Å². The van der Waals surface area contributed by atoms with E-state index in [1.807, 2.05) is 30.3 Å². The highest BCUT2D eigenvalue weighted by atomic mass is 31.2. The smallest absolute Gasteiger partial charge is 0.324 e. The van der Waals surface area contributed by atoms with Crippen molar-refractivity contribution in [1.82, 2.24) is 0 Å². The molecule has 20 heavy (non-hydrogen) atoms. The minimum Gasteiger partial charge on any atom is -0.324 e. The van der Waals surface area contributed by atoms with Crippen molar-refractivity contribution in [3.63, 3.8) is 0 Å². The zero-order valence-corrected chi connectivity index (χ0v) is 13.4. The van der Waals surface area contributed by atoms with E-state index in [1.54, 1.807) is 0 Å². The summed E-state index contributed by atoms with van der Waals surface area (Å²) in [6.45, 7) is 2.50. The van der Waals surface area contributed by atoms with E-state index in [4.69, 9.17) is 4.52 Å². The van der Waals surface area contributed by atoms with Gasteiger partial charge < -0.3 is 9.42 Å². The molecule has 0 aliphatic carbocycles. The monoisotopic (exact) mass is 298 g/mol. The summed E-state index contributed by atoms with van der Waals surface area (Å²) >= 11 is 0. The van der Waals surface area contributed by atoms with Crippen molar-refractivity contribution in [3.8, 4) is 0 Å². The van der Waals surface area contributed by atoms with Gasteiger partial charge in [-0.1, -0.05) is 69.4 Å². The van der Waals surface area contributed by atoms with Crippen molar-refractivity contribution in [2.75, 3.05) is 12.8 Å². The Morgan fingerprint density at radius 1 is 1.05 bits per heavy atom. The van der Waals surface area contributed by atoms with Gasteiger partial charge in [-0.2, -0.15) is 0 Å². The molecule has 0 saturated carbocycles. The summed E-state index contributed by atoms with van der Waals surface area (Å²) in [6, 6.07) is 9.88. The molecule has 1 rings (SSSR count). The first-order valence-corrected chi connectivity index (χ1v) is 9.40. The summed E-state index contributed by atoms with van der Waals surface area (Å²) < 4.78 is 17.0. The van der Waals surface area contributed by atoms with Crippen LogP contribution >= 0.6 is 7.60 Å². The number of benzene rings is 1. The molecule has 0 saturated heterocycles. The van der Waals surface area contributed by atoms with Gasteiger partial charge in [0.2, 0.25) is 0 Å². The van der Waals surface area contributed by atoms with Crippen LogP contribution in [0.4, 0.5) is 0 Å². The van der Waals surface area contributed by atoms with Crippen LogP contribution in [0.1, 0.15) is 51.0 Å². The summed E-state index contributed by atoms with van der Waals surface area (Å²) in [7, 11) is -3.39. The molecule has 0 heterocycles. The number of hydrogen-bond donors (Lipinski definition) is 1. The Morgan fingerprint density at radius 3 is 2.40 bits per heavy atom. The van der Waals surface area contributed by atoms with Crippen LogP contribution in [-0.4, -0.2) is 17.7 Å². The quantitative estimate of drug-likeness (QED) is 0.472. The van der Waals surface area contributed by atoms with E-state index in [-0.39, 0.29) is 6.16 Å². The van der Waals surface area contributed by atoms with E-state index < -0.39 is 7.60 Å². The van der Waals surface area contributed by atoms with Gasteiger partial charge >= 0.3 is 7.60 Å². The summed E-state index contributed by atoms with van der Waals surface area (Å²) in [5.41, 5.74) is 1.13. The maximum atomic E-state index is 11.8. The predicted molar refractivity (Wildman–Crippen MR) is 84.2 cm³/mol. The zero-order chi connectivity index (χ0) is 14.7. The zero-order valence-electron chi connectivity index (χ0n) is 12.5. The molecular formula is C16H27O3P. The Kier molecular flexibility index (Phi) is 8.84. The van der Waals surface area contributed by atoms with Crippen LogP contribution in [0.25, 0.3) is 0 Å². The van der Waals surface area contributed by atoms with Gasteiger partial charge in [-0.05, 0) is 18.4 Å². The highest BCUT2D eigenvalue weighted by molar-refractivity contribution is 7.52. The van der Waals surface area contributed by atoms with Crippen LogP contribution in [0.15, 0.2) is 30.3 Å². The fraction of sp³-hybridized carbons (Fsp3) is 0.625. The minimum absolute atomic E-state index is 0.286. The van der Waals surface area contributed by atoms with E-state index in [9.17, 15) is 9.46 Å². The average molecular weight is 298 g/mol. The molecule has 0 fully saturated rings. The number of rotatable bonds is 11. The molecule has 0 spiro atoms. The molecule has 1 aromatic rings. The lowest BCUT2D eigenvalue weighted by Gasteiger charge is -2.12. The molecule has 1 atom stereocenters. The fourth-order valence-corrected chi connectivity index (χ4v) is 3.24. The van der Waals surface area contributed by atoms with Crippen LogP contribution in [0.3, 0.4) is 0 Å². The SMILES string of the molecule is CCCCCCCCP(=O)(O)OCCc1ccccc1. The molecule has 0 bridgehead atoms. The molecule has 1 aromatic carbocycles. The molecule has 0 amide bonds. The number of hydrogen-bond acceptors (Lipinski definition) is 2. The first-order chi connectivity index (χ1) is 9.64. The maximum absolute atomic E-state index is 11.8. The molecular weight excluding hydrogens is 271 g/mol. The van der Waals surface area contributed by atoms with Crippen molar-refractivity contribution in [2.45, 2.75) is 51.9 Å². The third-order valence-corrected chi connectivity index (χ3v) is 4.79. The third-order valence-electron chi connectivity index (χ3n) is 3.32. The lowest BCUT2D eigenvalue weighted by atomic mass is 10.1. The lowest BCUT2D eigenvalue weighted by molar-refractivity contribution is 0.262. The Labute approximate surface area is 122 Å². The fourth-order valence-electron chi connectivity index (χ4n) is 2.11. The van der Waals surface area contributed by atoms with Crippen LogP contribution in [-0.2, 0) is 15.5 Å². The van der Waals surface area contributed by atoms with Gasteiger partial charge in [0.05, 0.1) is 6.61 Å². The molecule has 4 heteroatoms. The van der Waals surface area contributed by atoms with Gasteiger partial charge in [-0.25, -0.2) is 0 Å². The van der Waals surface area contributed by atoms with Gasteiger partial charge in [-0.3, -0.25) is 4.57 Å². The Bertz CT molecular complexity index is 392. The van der Waals surface area contributed by atoms with Gasteiger partial charge in [0.15, 0.2) is 0 Å².